The molecule has 2 atom stereocenters. The quantitative estimate of drug-likeness (QED) is 0.874. The first-order valence-corrected chi connectivity index (χ1v) is 6.43. The molecule has 0 saturated heterocycles. The minimum Gasteiger partial charge on any atom is -0.317 e. The van der Waals surface area contributed by atoms with Crippen LogP contribution in [0.25, 0.3) is 0 Å². The Morgan fingerprint density at radius 3 is 2.71 bits per heavy atom. The van der Waals surface area contributed by atoms with Crippen LogP contribution < -0.4 is 5.32 Å². The van der Waals surface area contributed by atoms with E-state index in [9.17, 15) is 13.2 Å². The van der Waals surface area contributed by atoms with E-state index in [4.69, 9.17) is 0 Å². The average Bonchev–Trinajstić information content (AvgIpc) is 2.69. The van der Waals surface area contributed by atoms with Crippen LogP contribution >= 0.6 is 11.8 Å². The van der Waals surface area contributed by atoms with Gasteiger partial charge in [-0.3, -0.25) is 0 Å². The van der Waals surface area contributed by atoms with E-state index in [0.717, 1.165) is 22.3 Å². The van der Waals surface area contributed by atoms with Crippen molar-refractivity contribution in [3.63, 3.8) is 0 Å². The number of nitrogens with one attached hydrogen (secondary N) is 1. The van der Waals surface area contributed by atoms with Crippen LogP contribution in [0.4, 0.5) is 13.2 Å². The molecule has 2 rings (SSSR count). The number of thioether (sulfide) groups is 1. The number of likely N-dealkylation sites (N-methyl/N-ethyl adjacent to an activating group) is 1. The molecule has 1 aliphatic rings. The van der Waals surface area contributed by atoms with Crippen LogP contribution in [0.3, 0.4) is 0 Å². The summed E-state index contributed by atoms with van der Waals surface area (Å²) >= 11 is 1.63. The Balaban J connectivity index is 2.37. The van der Waals surface area contributed by atoms with Gasteiger partial charge in [0.25, 0.3) is 0 Å². The molecule has 0 aromatic heterocycles. The van der Waals surface area contributed by atoms with Crippen LogP contribution in [0.2, 0.25) is 0 Å². The summed E-state index contributed by atoms with van der Waals surface area (Å²) in [4.78, 5) is 0.977. The lowest BCUT2D eigenvalue weighted by Crippen LogP contribution is -2.29. The first-order valence-electron chi connectivity index (χ1n) is 5.44. The van der Waals surface area contributed by atoms with Gasteiger partial charge < -0.3 is 5.32 Å². The molecule has 94 valence electrons. The topological polar surface area (TPSA) is 12.0 Å². The zero-order chi connectivity index (χ0) is 12.6. The van der Waals surface area contributed by atoms with E-state index in [2.05, 4.69) is 5.32 Å². The number of hydrogen-bond acceptors (Lipinski definition) is 2. The lowest BCUT2D eigenvalue weighted by Gasteiger charge is -2.19. The van der Waals surface area contributed by atoms with Gasteiger partial charge in [0.15, 0.2) is 0 Å². The summed E-state index contributed by atoms with van der Waals surface area (Å²) in [7, 11) is 1.83. The molecule has 0 saturated carbocycles. The average molecular weight is 261 g/mol. The molecule has 2 unspecified atom stereocenters. The standard InChI is InChI=1S/C12H14F3NS/c1-7(16-2)10-6-17-11-4-3-8(5-9(10)11)12(13,14)15/h3-5,7,10,16H,6H2,1-2H3. The summed E-state index contributed by atoms with van der Waals surface area (Å²) < 4.78 is 37.9. The van der Waals surface area contributed by atoms with Crippen LogP contribution in [0.5, 0.6) is 0 Å². The van der Waals surface area contributed by atoms with Gasteiger partial charge in [-0.25, -0.2) is 0 Å². The van der Waals surface area contributed by atoms with Crippen molar-refractivity contribution in [1.82, 2.24) is 5.32 Å². The molecule has 0 spiro atoms. The molecule has 0 radical (unpaired) electrons. The van der Waals surface area contributed by atoms with E-state index in [1.807, 2.05) is 14.0 Å². The number of alkyl halides is 3. The highest BCUT2D eigenvalue weighted by Gasteiger charge is 2.34. The van der Waals surface area contributed by atoms with Crippen LogP contribution in [-0.2, 0) is 6.18 Å². The molecule has 0 aliphatic carbocycles. The first-order chi connectivity index (χ1) is 7.93. The van der Waals surface area contributed by atoms with E-state index in [0.29, 0.717) is 0 Å². The monoisotopic (exact) mass is 261 g/mol. The third-order valence-corrected chi connectivity index (χ3v) is 4.42. The number of rotatable bonds is 2. The maximum Gasteiger partial charge on any atom is 0.416 e. The Hall–Kier alpha value is -0.680. The number of benzene rings is 1. The van der Waals surface area contributed by atoms with Gasteiger partial charge in [0.2, 0.25) is 0 Å². The largest absolute Gasteiger partial charge is 0.416 e. The Kier molecular flexibility index (Phi) is 3.41. The van der Waals surface area contributed by atoms with Crippen molar-refractivity contribution >= 4 is 11.8 Å². The van der Waals surface area contributed by atoms with Gasteiger partial charge in [-0.05, 0) is 37.7 Å². The summed E-state index contributed by atoms with van der Waals surface area (Å²) in [5, 5.41) is 3.11. The Labute approximate surface area is 103 Å². The molecule has 0 bridgehead atoms. The molecular weight excluding hydrogens is 247 g/mol. The molecule has 0 fully saturated rings. The first kappa shape index (κ1) is 12.8. The van der Waals surface area contributed by atoms with Crippen molar-refractivity contribution < 1.29 is 13.2 Å². The summed E-state index contributed by atoms with van der Waals surface area (Å²) in [6.45, 7) is 2.00. The van der Waals surface area contributed by atoms with Crippen molar-refractivity contribution in [3.05, 3.63) is 29.3 Å². The van der Waals surface area contributed by atoms with Crippen molar-refractivity contribution in [2.75, 3.05) is 12.8 Å². The second-order valence-electron chi connectivity index (χ2n) is 4.25. The molecule has 1 nitrogen and oxygen atoms in total. The zero-order valence-corrected chi connectivity index (χ0v) is 10.5. The number of hydrogen-bond donors (Lipinski definition) is 1. The van der Waals surface area contributed by atoms with E-state index in [-0.39, 0.29) is 12.0 Å². The van der Waals surface area contributed by atoms with Crippen molar-refractivity contribution in [2.24, 2.45) is 0 Å². The predicted octanol–water partition coefficient (Wildman–Crippen LogP) is 3.50. The molecule has 5 heteroatoms. The summed E-state index contributed by atoms with van der Waals surface area (Å²) in [5.41, 5.74) is 0.277. The van der Waals surface area contributed by atoms with Crippen LogP contribution in [0.15, 0.2) is 23.1 Å². The molecule has 1 aromatic rings. The molecule has 1 aromatic carbocycles. The van der Waals surface area contributed by atoms with E-state index in [1.165, 1.54) is 6.07 Å². The molecular formula is C12H14F3NS. The van der Waals surface area contributed by atoms with Gasteiger partial charge in [0.05, 0.1) is 5.56 Å². The van der Waals surface area contributed by atoms with E-state index < -0.39 is 11.7 Å². The predicted molar refractivity (Wildman–Crippen MR) is 63.4 cm³/mol. The highest BCUT2D eigenvalue weighted by atomic mass is 32.2. The van der Waals surface area contributed by atoms with Crippen molar-refractivity contribution in [3.8, 4) is 0 Å². The fraction of sp³-hybridized carbons (Fsp3) is 0.500. The third-order valence-electron chi connectivity index (χ3n) is 3.21. The molecule has 0 amide bonds. The Morgan fingerprint density at radius 1 is 1.41 bits per heavy atom. The molecule has 1 heterocycles. The zero-order valence-electron chi connectivity index (χ0n) is 9.64. The van der Waals surface area contributed by atoms with Crippen LogP contribution in [0.1, 0.15) is 24.0 Å². The minimum absolute atomic E-state index is 0.155. The van der Waals surface area contributed by atoms with Gasteiger partial charge in [-0.2, -0.15) is 13.2 Å². The van der Waals surface area contributed by atoms with E-state index >= 15 is 0 Å². The second-order valence-corrected chi connectivity index (χ2v) is 5.31. The molecule has 1 aliphatic heterocycles. The number of halogens is 3. The highest BCUT2D eigenvalue weighted by Crippen LogP contribution is 2.43. The van der Waals surface area contributed by atoms with E-state index in [1.54, 1.807) is 17.8 Å². The van der Waals surface area contributed by atoms with Crippen LogP contribution in [0, 0.1) is 0 Å². The lowest BCUT2D eigenvalue weighted by molar-refractivity contribution is -0.137. The van der Waals surface area contributed by atoms with Gasteiger partial charge in [0.1, 0.15) is 0 Å². The fourth-order valence-electron chi connectivity index (χ4n) is 2.03. The Bertz CT molecular complexity index is 417. The summed E-state index contributed by atoms with van der Waals surface area (Å²) in [6, 6.07) is 4.24. The SMILES string of the molecule is CNC(C)C1CSc2ccc(C(F)(F)F)cc21. The summed E-state index contributed by atoms with van der Waals surface area (Å²) in [5.74, 6) is 1.00. The Morgan fingerprint density at radius 2 is 2.12 bits per heavy atom. The van der Waals surface area contributed by atoms with Gasteiger partial charge in [-0.1, -0.05) is 0 Å². The second kappa shape index (κ2) is 4.53. The fourth-order valence-corrected chi connectivity index (χ4v) is 3.40. The maximum absolute atomic E-state index is 12.6. The lowest BCUT2D eigenvalue weighted by atomic mass is 9.93. The van der Waals surface area contributed by atoms with Gasteiger partial charge >= 0.3 is 6.18 Å². The van der Waals surface area contributed by atoms with Gasteiger partial charge in [-0.15, -0.1) is 11.8 Å². The molecule has 17 heavy (non-hydrogen) atoms. The van der Waals surface area contributed by atoms with Crippen molar-refractivity contribution in [2.45, 2.75) is 30.0 Å². The van der Waals surface area contributed by atoms with Gasteiger partial charge in [0, 0.05) is 22.6 Å². The maximum atomic E-state index is 12.6. The number of fused-ring (bicyclic) bond motifs is 1. The van der Waals surface area contributed by atoms with Crippen molar-refractivity contribution in [1.29, 1.82) is 0 Å². The normalized spacial score (nSPS) is 21.4. The minimum atomic E-state index is -4.25. The third kappa shape index (κ3) is 2.45. The summed E-state index contributed by atoms with van der Waals surface area (Å²) in [6.07, 6.45) is -4.25. The smallest absolute Gasteiger partial charge is 0.317 e. The highest BCUT2D eigenvalue weighted by molar-refractivity contribution is 7.99. The van der Waals surface area contributed by atoms with Crippen LogP contribution in [-0.4, -0.2) is 18.8 Å². The molecule has 1 N–H and O–H groups in total.